The summed E-state index contributed by atoms with van der Waals surface area (Å²) in [5, 5.41) is 2.77. The number of fused-ring (bicyclic) bond motifs is 1. The van der Waals surface area contributed by atoms with Crippen LogP contribution >= 0.6 is 0 Å². The quantitative estimate of drug-likeness (QED) is 0.478. The van der Waals surface area contributed by atoms with Gasteiger partial charge in [-0.2, -0.15) is 0 Å². The van der Waals surface area contributed by atoms with E-state index < -0.39 is 39.6 Å². The molecule has 13 heteroatoms. The number of hydrogen-bond donors (Lipinski definition) is 1. The van der Waals surface area contributed by atoms with Gasteiger partial charge in [-0.05, 0) is 31.5 Å². The second-order valence-electron chi connectivity index (χ2n) is 9.09. The summed E-state index contributed by atoms with van der Waals surface area (Å²) in [5.74, 6) is -4.96. The molecule has 1 amide bonds. The summed E-state index contributed by atoms with van der Waals surface area (Å²) in [6.07, 6.45) is 2.34. The highest BCUT2D eigenvalue weighted by atomic mass is 32.2. The van der Waals surface area contributed by atoms with Crippen LogP contribution in [0.15, 0.2) is 30.6 Å². The van der Waals surface area contributed by atoms with E-state index in [-0.39, 0.29) is 40.3 Å². The molecule has 0 radical (unpaired) electrons. The second-order valence-corrected chi connectivity index (χ2v) is 11.2. The molecule has 1 fully saturated rings. The molecule has 36 heavy (non-hydrogen) atoms. The first-order valence-electron chi connectivity index (χ1n) is 10.8. The molecule has 194 valence electrons. The molecule has 9 nitrogen and oxygen atoms in total. The number of sulfone groups is 1. The number of amides is 1. The Balaban J connectivity index is 1.65. The van der Waals surface area contributed by atoms with Crippen LogP contribution in [0.5, 0.6) is 23.3 Å². The molecule has 4 heterocycles. The number of aromatic nitrogens is 2. The molecular weight excluding hydrogens is 503 g/mol. The Morgan fingerprint density at radius 1 is 1.31 bits per heavy atom. The SMILES string of the molecule is COc1c(C(=O)NC2(C)CS(=O)(=O)C2)c(C)c2ccc(Oc3ncc(F)cc3OCC(C)(F)F)cn12. The summed E-state index contributed by atoms with van der Waals surface area (Å²) in [6.45, 7) is 3.02. The number of pyridine rings is 2. The van der Waals surface area contributed by atoms with Crippen LogP contribution in [0.3, 0.4) is 0 Å². The fraction of sp³-hybridized carbons (Fsp3) is 0.391. The Kier molecular flexibility index (Phi) is 6.31. The molecule has 1 N–H and O–H groups in total. The number of nitrogens with one attached hydrogen (secondary N) is 1. The van der Waals surface area contributed by atoms with Gasteiger partial charge in [0.25, 0.3) is 17.7 Å². The highest BCUT2D eigenvalue weighted by Gasteiger charge is 2.46. The monoisotopic (exact) mass is 527 g/mol. The van der Waals surface area contributed by atoms with Crippen molar-refractivity contribution in [3.63, 3.8) is 0 Å². The molecule has 1 aliphatic heterocycles. The van der Waals surface area contributed by atoms with Crippen molar-refractivity contribution in [2.45, 2.75) is 32.2 Å². The smallest absolute Gasteiger partial charge is 0.278 e. The lowest BCUT2D eigenvalue weighted by atomic mass is 10.1. The highest BCUT2D eigenvalue weighted by molar-refractivity contribution is 7.93. The van der Waals surface area contributed by atoms with Crippen molar-refractivity contribution < 1.29 is 40.6 Å². The molecule has 3 aromatic rings. The number of carbonyl (C=O) groups is 1. The lowest BCUT2D eigenvalue weighted by Gasteiger charge is -2.38. The molecule has 1 saturated heterocycles. The minimum absolute atomic E-state index is 0.155. The lowest BCUT2D eigenvalue weighted by molar-refractivity contribution is -0.0236. The van der Waals surface area contributed by atoms with Gasteiger partial charge in [-0.1, -0.05) is 0 Å². The third kappa shape index (κ3) is 5.20. The zero-order valence-corrected chi connectivity index (χ0v) is 20.7. The number of carbonyl (C=O) groups excluding carboxylic acids is 1. The Labute approximate surface area is 205 Å². The Morgan fingerprint density at radius 3 is 2.61 bits per heavy atom. The standard InChI is InChI=1S/C23H24F3N3O6S/c1-13-16-6-5-15(35-20-17(7-14(24)8-27-20)34-10-23(3,25)26)9-29(16)21(33-4)18(13)19(30)28-22(2)11-36(31,32)12-22/h5-9H,10-12H2,1-4H3,(H,28,30). The van der Waals surface area contributed by atoms with Gasteiger partial charge >= 0.3 is 0 Å². The summed E-state index contributed by atoms with van der Waals surface area (Å²) in [5.41, 5.74) is 0.519. The van der Waals surface area contributed by atoms with Gasteiger partial charge in [0.05, 0.1) is 42.1 Å². The maximum atomic E-state index is 13.6. The van der Waals surface area contributed by atoms with Crippen LogP contribution in [0.25, 0.3) is 5.52 Å². The molecule has 1 aliphatic rings. The molecule has 0 atom stereocenters. The number of ether oxygens (including phenoxy) is 3. The number of halogens is 3. The minimum Gasteiger partial charge on any atom is -0.482 e. The third-order valence-electron chi connectivity index (χ3n) is 5.51. The van der Waals surface area contributed by atoms with E-state index in [2.05, 4.69) is 10.3 Å². The minimum atomic E-state index is -3.17. The van der Waals surface area contributed by atoms with E-state index in [4.69, 9.17) is 14.2 Å². The van der Waals surface area contributed by atoms with Gasteiger partial charge in [-0.3, -0.25) is 9.20 Å². The van der Waals surface area contributed by atoms with Crippen LogP contribution in [-0.2, 0) is 9.84 Å². The van der Waals surface area contributed by atoms with Crippen LogP contribution in [0.1, 0.15) is 29.8 Å². The van der Waals surface area contributed by atoms with Crippen molar-refractivity contribution in [2.24, 2.45) is 0 Å². The van der Waals surface area contributed by atoms with Crippen molar-refractivity contribution in [1.82, 2.24) is 14.7 Å². The molecule has 0 saturated carbocycles. The lowest BCUT2D eigenvalue weighted by Crippen LogP contribution is -2.63. The molecular formula is C23H24F3N3O6S. The first-order valence-corrected chi connectivity index (χ1v) is 12.6. The van der Waals surface area contributed by atoms with Gasteiger partial charge in [0.2, 0.25) is 5.88 Å². The van der Waals surface area contributed by atoms with Gasteiger partial charge in [0, 0.05) is 13.0 Å². The first kappa shape index (κ1) is 25.6. The van der Waals surface area contributed by atoms with Gasteiger partial charge in [0.1, 0.15) is 17.1 Å². The van der Waals surface area contributed by atoms with Gasteiger partial charge in [-0.15, -0.1) is 0 Å². The number of rotatable bonds is 8. The maximum Gasteiger partial charge on any atom is 0.278 e. The van der Waals surface area contributed by atoms with Gasteiger partial charge in [0.15, 0.2) is 22.2 Å². The van der Waals surface area contributed by atoms with E-state index in [1.54, 1.807) is 30.4 Å². The van der Waals surface area contributed by atoms with E-state index in [9.17, 15) is 26.4 Å². The average Bonchev–Trinajstić information content (AvgIpc) is 3.02. The molecule has 4 rings (SSSR count). The van der Waals surface area contributed by atoms with E-state index >= 15 is 0 Å². The van der Waals surface area contributed by atoms with E-state index in [1.807, 2.05) is 0 Å². The Morgan fingerprint density at radius 2 is 2.00 bits per heavy atom. The molecule has 3 aromatic heterocycles. The maximum absolute atomic E-state index is 13.6. The molecule has 0 aromatic carbocycles. The second kappa shape index (κ2) is 8.87. The molecule has 0 unspecified atom stereocenters. The predicted octanol–water partition coefficient (Wildman–Crippen LogP) is 3.53. The number of alkyl halides is 2. The summed E-state index contributed by atoms with van der Waals surface area (Å²) >= 11 is 0. The normalized spacial score (nSPS) is 16.3. The van der Waals surface area contributed by atoms with Crippen molar-refractivity contribution in [1.29, 1.82) is 0 Å². The Hall–Kier alpha value is -3.48. The topological polar surface area (TPSA) is 108 Å². The largest absolute Gasteiger partial charge is 0.482 e. The fourth-order valence-electron chi connectivity index (χ4n) is 4.13. The number of methoxy groups -OCH3 is 1. The average molecular weight is 528 g/mol. The number of nitrogens with zero attached hydrogens (tertiary/aromatic N) is 2. The summed E-state index contributed by atoms with van der Waals surface area (Å²) in [4.78, 5) is 16.9. The van der Waals surface area contributed by atoms with Gasteiger partial charge in [-0.25, -0.2) is 26.6 Å². The van der Waals surface area contributed by atoms with Crippen molar-refractivity contribution in [2.75, 3.05) is 25.2 Å². The van der Waals surface area contributed by atoms with Crippen molar-refractivity contribution in [3.05, 3.63) is 47.5 Å². The van der Waals surface area contributed by atoms with Crippen LogP contribution in [-0.4, -0.2) is 60.4 Å². The molecule has 0 aliphatic carbocycles. The zero-order valence-electron chi connectivity index (χ0n) is 19.9. The molecule has 0 spiro atoms. The predicted molar refractivity (Wildman–Crippen MR) is 124 cm³/mol. The number of aryl methyl sites for hydroxylation is 1. The van der Waals surface area contributed by atoms with E-state index in [0.29, 0.717) is 18.0 Å². The zero-order chi connectivity index (χ0) is 26.5. The summed E-state index contributed by atoms with van der Waals surface area (Å²) in [7, 11) is -1.80. The van der Waals surface area contributed by atoms with Crippen LogP contribution in [0, 0.1) is 12.7 Å². The van der Waals surface area contributed by atoms with Crippen LogP contribution in [0.2, 0.25) is 0 Å². The summed E-state index contributed by atoms with van der Waals surface area (Å²) in [6, 6.07) is 4.08. The first-order chi connectivity index (χ1) is 16.7. The van der Waals surface area contributed by atoms with Crippen LogP contribution < -0.4 is 19.5 Å². The van der Waals surface area contributed by atoms with Crippen LogP contribution in [0.4, 0.5) is 13.2 Å². The molecule has 0 bridgehead atoms. The fourth-order valence-corrected chi connectivity index (χ4v) is 6.13. The highest BCUT2D eigenvalue weighted by Crippen LogP contribution is 2.35. The van der Waals surface area contributed by atoms with Gasteiger partial charge < -0.3 is 19.5 Å². The Bertz CT molecular complexity index is 1440. The van der Waals surface area contributed by atoms with E-state index in [0.717, 1.165) is 12.3 Å². The van der Waals surface area contributed by atoms with Crippen molar-refractivity contribution >= 4 is 21.3 Å². The third-order valence-corrected chi connectivity index (χ3v) is 7.66. The van der Waals surface area contributed by atoms with E-state index in [1.165, 1.54) is 13.3 Å². The summed E-state index contributed by atoms with van der Waals surface area (Å²) < 4.78 is 81.1. The number of hydrogen-bond acceptors (Lipinski definition) is 7. The van der Waals surface area contributed by atoms with Crippen molar-refractivity contribution in [3.8, 4) is 23.3 Å².